The maximum atomic E-state index is 12.8. The summed E-state index contributed by atoms with van der Waals surface area (Å²) in [7, 11) is 0. The van der Waals surface area contributed by atoms with Crippen LogP contribution in [0.3, 0.4) is 0 Å². The van der Waals surface area contributed by atoms with Crippen LogP contribution in [0.15, 0.2) is 0 Å². The molecule has 0 aromatic rings. The van der Waals surface area contributed by atoms with Crippen molar-refractivity contribution in [3.05, 3.63) is 0 Å². The SMILES string of the molecule is CCCCCCCCCCCCCCCCCCC(=O)O[C@H](COC(=O)CCCCCCCCCCCCC(C)C)COC(=O)CCCCCCCCC(C)C. The lowest BCUT2D eigenvalue weighted by Crippen LogP contribution is -2.30. The maximum absolute atomic E-state index is 12.8. The Labute approximate surface area is 348 Å². The van der Waals surface area contributed by atoms with Gasteiger partial charge in [-0.1, -0.05) is 234 Å². The van der Waals surface area contributed by atoms with Crippen molar-refractivity contribution >= 4 is 17.9 Å². The number of unbranched alkanes of at least 4 members (excludes halogenated alkanes) is 29. The van der Waals surface area contributed by atoms with Gasteiger partial charge in [0.05, 0.1) is 0 Å². The summed E-state index contributed by atoms with van der Waals surface area (Å²) in [6.45, 7) is 11.3. The van der Waals surface area contributed by atoms with Crippen LogP contribution in [0.4, 0.5) is 0 Å². The second kappa shape index (κ2) is 43.0. The highest BCUT2D eigenvalue weighted by molar-refractivity contribution is 5.71. The molecule has 0 aromatic heterocycles. The molecular formula is C50H96O6. The Balaban J connectivity index is 4.29. The van der Waals surface area contributed by atoms with E-state index in [0.717, 1.165) is 69.6 Å². The Morgan fingerprint density at radius 1 is 0.339 bits per heavy atom. The summed E-state index contributed by atoms with van der Waals surface area (Å²) in [5, 5.41) is 0. The zero-order valence-corrected chi connectivity index (χ0v) is 38.3. The molecule has 0 spiro atoms. The molecule has 6 nitrogen and oxygen atoms in total. The summed E-state index contributed by atoms with van der Waals surface area (Å²) in [5.41, 5.74) is 0. The zero-order valence-electron chi connectivity index (χ0n) is 38.3. The lowest BCUT2D eigenvalue weighted by atomic mass is 10.0. The lowest BCUT2D eigenvalue weighted by Gasteiger charge is -2.18. The Morgan fingerprint density at radius 3 is 0.875 bits per heavy atom. The largest absolute Gasteiger partial charge is 0.462 e. The van der Waals surface area contributed by atoms with E-state index in [0.29, 0.717) is 19.3 Å². The predicted octanol–water partition coefficient (Wildman–Crippen LogP) is 15.8. The van der Waals surface area contributed by atoms with Gasteiger partial charge in [0, 0.05) is 19.3 Å². The van der Waals surface area contributed by atoms with Gasteiger partial charge in [-0.15, -0.1) is 0 Å². The first kappa shape index (κ1) is 54.4. The lowest BCUT2D eigenvalue weighted by molar-refractivity contribution is -0.167. The van der Waals surface area contributed by atoms with Crippen molar-refractivity contribution in [2.24, 2.45) is 11.8 Å². The average molecular weight is 793 g/mol. The van der Waals surface area contributed by atoms with Crippen molar-refractivity contribution in [3.8, 4) is 0 Å². The molecule has 0 saturated heterocycles. The van der Waals surface area contributed by atoms with E-state index < -0.39 is 6.10 Å². The van der Waals surface area contributed by atoms with E-state index in [1.54, 1.807) is 0 Å². The molecular weight excluding hydrogens is 697 g/mol. The van der Waals surface area contributed by atoms with Gasteiger partial charge in [0.1, 0.15) is 13.2 Å². The molecule has 0 radical (unpaired) electrons. The molecule has 0 heterocycles. The normalized spacial score (nSPS) is 12.1. The van der Waals surface area contributed by atoms with Crippen LogP contribution in [0.5, 0.6) is 0 Å². The van der Waals surface area contributed by atoms with Crippen molar-refractivity contribution in [1.29, 1.82) is 0 Å². The van der Waals surface area contributed by atoms with Crippen molar-refractivity contribution in [2.75, 3.05) is 13.2 Å². The number of carbonyl (C=O) groups excluding carboxylic acids is 3. The Bertz CT molecular complexity index is 854. The number of hydrogen-bond donors (Lipinski definition) is 0. The minimum Gasteiger partial charge on any atom is -0.462 e. The number of rotatable bonds is 44. The minimum atomic E-state index is -0.761. The summed E-state index contributed by atoms with van der Waals surface area (Å²) >= 11 is 0. The molecule has 0 rings (SSSR count). The summed E-state index contributed by atoms with van der Waals surface area (Å²) in [4.78, 5) is 37.8. The fourth-order valence-electron chi connectivity index (χ4n) is 7.46. The van der Waals surface area contributed by atoms with Crippen molar-refractivity contribution < 1.29 is 28.6 Å². The first-order valence-corrected chi connectivity index (χ1v) is 24.7. The van der Waals surface area contributed by atoms with Gasteiger partial charge in [0.15, 0.2) is 6.10 Å². The molecule has 332 valence electrons. The standard InChI is InChI=1S/C50H96O6/c1-6-7-8-9-10-11-12-13-14-15-16-17-22-25-32-37-42-50(53)56-47(44-55-49(52)41-36-31-27-26-29-34-39-46(4)5)43-54-48(51)40-35-30-24-21-19-18-20-23-28-33-38-45(2)3/h45-47H,6-44H2,1-5H3/t47-/m1/s1. The highest BCUT2D eigenvalue weighted by Crippen LogP contribution is 2.17. The van der Waals surface area contributed by atoms with Crippen LogP contribution in [0.2, 0.25) is 0 Å². The molecule has 0 bridgehead atoms. The zero-order chi connectivity index (χ0) is 41.2. The van der Waals surface area contributed by atoms with Gasteiger partial charge in [0.2, 0.25) is 0 Å². The number of ether oxygens (including phenoxy) is 3. The van der Waals surface area contributed by atoms with Crippen LogP contribution in [-0.4, -0.2) is 37.2 Å². The van der Waals surface area contributed by atoms with E-state index in [-0.39, 0.29) is 31.1 Å². The average Bonchev–Trinajstić information content (AvgIpc) is 3.16. The molecule has 0 amide bonds. The molecule has 0 aromatic carbocycles. The number of hydrogen-bond acceptors (Lipinski definition) is 6. The van der Waals surface area contributed by atoms with Crippen molar-refractivity contribution in [3.63, 3.8) is 0 Å². The third-order valence-corrected chi connectivity index (χ3v) is 11.2. The Kier molecular flexibility index (Phi) is 41.8. The van der Waals surface area contributed by atoms with Crippen LogP contribution < -0.4 is 0 Å². The monoisotopic (exact) mass is 793 g/mol. The number of carbonyl (C=O) groups is 3. The number of esters is 3. The second-order valence-electron chi connectivity index (χ2n) is 18.1. The van der Waals surface area contributed by atoms with Gasteiger partial charge in [-0.25, -0.2) is 0 Å². The molecule has 6 heteroatoms. The summed E-state index contributed by atoms with van der Waals surface area (Å²) in [6, 6.07) is 0. The topological polar surface area (TPSA) is 78.9 Å². The molecule has 0 aliphatic heterocycles. The smallest absolute Gasteiger partial charge is 0.306 e. The highest BCUT2D eigenvalue weighted by atomic mass is 16.6. The highest BCUT2D eigenvalue weighted by Gasteiger charge is 2.19. The molecule has 0 fully saturated rings. The molecule has 56 heavy (non-hydrogen) atoms. The van der Waals surface area contributed by atoms with E-state index >= 15 is 0 Å². The van der Waals surface area contributed by atoms with Gasteiger partial charge >= 0.3 is 17.9 Å². The molecule has 0 saturated carbocycles. The Morgan fingerprint density at radius 2 is 0.589 bits per heavy atom. The maximum Gasteiger partial charge on any atom is 0.306 e. The van der Waals surface area contributed by atoms with Gasteiger partial charge in [0.25, 0.3) is 0 Å². The molecule has 1 atom stereocenters. The fourth-order valence-corrected chi connectivity index (χ4v) is 7.46. The van der Waals surface area contributed by atoms with Crippen LogP contribution in [0.25, 0.3) is 0 Å². The third-order valence-electron chi connectivity index (χ3n) is 11.2. The van der Waals surface area contributed by atoms with Gasteiger partial charge in [-0.05, 0) is 31.1 Å². The summed E-state index contributed by atoms with van der Waals surface area (Å²) in [6.07, 6.45) is 42.4. The predicted molar refractivity (Wildman–Crippen MR) is 238 cm³/mol. The summed E-state index contributed by atoms with van der Waals surface area (Å²) < 4.78 is 16.8. The fraction of sp³-hybridized carbons (Fsp3) is 0.940. The molecule has 0 aliphatic carbocycles. The van der Waals surface area contributed by atoms with Crippen molar-refractivity contribution in [1.82, 2.24) is 0 Å². The van der Waals surface area contributed by atoms with Crippen LogP contribution in [0, 0.1) is 11.8 Å². The first-order valence-electron chi connectivity index (χ1n) is 24.7. The van der Waals surface area contributed by atoms with E-state index in [2.05, 4.69) is 34.6 Å². The van der Waals surface area contributed by atoms with Crippen LogP contribution in [-0.2, 0) is 28.6 Å². The van der Waals surface area contributed by atoms with Crippen LogP contribution >= 0.6 is 0 Å². The van der Waals surface area contributed by atoms with Gasteiger partial charge < -0.3 is 14.2 Å². The third kappa shape index (κ3) is 43.5. The van der Waals surface area contributed by atoms with E-state index in [1.165, 1.54) is 161 Å². The first-order chi connectivity index (χ1) is 27.2. The Hall–Kier alpha value is -1.59. The van der Waals surface area contributed by atoms with E-state index in [4.69, 9.17) is 14.2 Å². The second-order valence-corrected chi connectivity index (χ2v) is 18.1. The van der Waals surface area contributed by atoms with Gasteiger partial charge in [-0.2, -0.15) is 0 Å². The summed E-state index contributed by atoms with van der Waals surface area (Å²) in [5.74, 6) is 0.725. The van der Waals surface area contributed by atoms with Crippen LogP contribution in [0.1, 0.15) is 272 Å². The van der Waals surface area contributed by atoms with E-state index in [9.17, 15) is 14.4 Å². The minimum absolute atomic E-state index is 0.0651. The molecule has 0 unspecified atom stereocenters. The molecule has 0 N–H and O–H groups in total. The van der Waals surface area contributed by atoms with Gasteiger partial charge in [-0.3, -0.25) is 14.4 Å². The van der Waals surface area contributed by atoms with E-state index in [1.807, 2.05) is 0 Å². The van der Waals surface area contributed by atoms with Crippen molar-refractivity contribution in [2.45, 2.75) is 278 Å². The quantitative estimate of drug-likeness (QED) is 0.0347. The molecule has 0 aliphatic rings.